The van der Waals surface area contributed by atoms with Crippen LogP contribution < -0.4 is 5.32 Å². The van der Waals surface area contributed by atoms with Gasteiger partial charge in [-0.15, -0.1) is 0 Å². The predicted octanol–water partition coefficient (Wildman–Crippen LogP) is 1.34. The Kier molecular flexibility index (Phi) is 3.48. The molecule has 0 fully saturated rings. The minimum absolute atomic E-state index is 0.252. The molecule has 4 aromatic rings. The number of hydrogen-bond acceptors (Lipinski definition) is 6. The van der Waals surface area contributed by atoms with Gasteiger partial charge < -0.3 is 14.5 Å². The highest BCUT2D eigenvalue weighted by Gasteiger charge is 2.24. The fourth-order valence-corrected chi connectivity index (χ4v) is 2.93. The fourth-order valence-electron chi connectivity index (χ4n) is 2.93. The van der Waals surface area contributed by atoms with E-state index >= 15 is 0 Å². The highest BCUT2D eigenvalue weighted by molar-refractivity contribution is 5.86. The summed E-state index contributed by atoms with van der Waals surface area (Å²) in [7, 11) is 5.79. The van der Waals surface area contributed by atoms with Crippen molar-refractivity contribution in [2.45, 2.75) is 13.0 Å². The quantitative estimate of drug-likeness (QED) is 0.604. The molecule has 9 heteroatoms. The third kappa shape index (κ3) is 2.53. The Bertz CT molecular complexity index is 999. The molecule has 0 saturated heterocycles. The lowest BCUT2D eigenvalue weighted by atomic mass is 10.2. The van der Waals surface area contributed by atoms with E-state index in [4.69, 9.17) is 0 Å². The Morgan fingerprint density at radius 3 is 2.16 bits per heavy atom. The third-order valence-electron chi connectivity index (χ3n) is 4.22. The summed E-state index contributed by atoms with van der Waals surface area (Å²) in [5.41, 5.74) is 0.786. The molecule has 0 atom stereocenters. The second-order valence-corrected chi connectivity index (χ2v) is 5.99. The van der Waals surface area contributed by atoms with Gasteiger partial charge in [-0.05, 0) is 6.92 Å². The zero-order valence-corrected chi connectivity index (χ0v) is 14.5. The van der Waals surface area contributed by atoms with E-state index in [1.807, 2.05) is 49.6 Å². The fraction of sp³-hybridized carbons (Fsp3) is 0.312. The first-order valence-corrected chi connectivity index (χ1v) is 7.92. The van der Waals surface area contributed by atoms with Gasteiger partial charge in [-0.25, -0.2) is 19.9 Å². The number of aryl methyl sites for hydroxylation is 4. The van der Waals surface area contributed by atoms with Gasteiger partial charge in [0.05, 0.1) is 11.6 Å². The van der Waals surface area contributed by atoms with Gasteiger partial charge in [0, 0.05) is 45.9 Å². The highest BCUT2D eigenvalue weighted by Crippen LogP contribution is 2.27. The molecule has 4 heterocycles. The lowest BCUT2D eigenvalue weighted by Gasteiger charge is -2.19. The number of aromatic nitrogens is 8. The first-order chi connectivity index (χ1) is 12.0. The number of nitrogens with one attached hydrogen (secondary N) is 1. The van der Waals surface area contributed by atoms with Crippen LogP contribution >= 0.6 is 0 Å². The maximum Gasteiger partial charge on any atom is 0.163 e. The smallest absolute Gasteiger partial charge is 0.163 e. The number of imidazole rings is 2. The van der Waals surface area contributed by atoms with Crippen LogP contribution in [0.25, 0.3) is 11.0 Å². The maximum absolute atomic E-state index is 4.58. The molecule has 128 valence electrons. The van der Waals surface area contributed by atoms with Crippen LogP contribution in [0, 0.1) is 6.92 Å². The van der Waals surface area contributed by atoms with Gasteiger partial charge >= 0.3 is 0 Å². The summed E-state index contributed by atoms with van der Waals surface area (Å²) >= 11 is 0. The van der Waals surface area contributed by atoms with Crippen LogP contribution in [0.15, 0.2) is 31.0 Å². The SMILES string of the molecule is Cc1nc(NC(c2nccn2C)c2nccn2C)c2cnn(C)c2n1. The van der Waals surface area contributed by atoms with Crippen LogP contribution in [0.4, 0.5) is 5.82 Å². The van der Waals surface area contributed by atoms with Crippen molar-refractivity contribution in [2.75, 3.05) is 5.32 Å². The average Bonchev–Trinajstić information content (AvgIpc) is 3.27. The van der Waals surface area contributed by atoms with Gasteiger partial charge in [0.15, 0.2) is 5.65 Å². The van der Waals surface area contributed by atoms with Gasteiger partial charge in [0.1, 0.15) is 29.3 Å². The first-order valence-electron chi connectivity index (χ1n) is 7.92. The topological polar surface area (TPSA) is 91.3 Å². The maximum atomic E-state index is 4.58. The first kappa shape index (κ1) is 15.3. The summed E-state index contributed by atoms with van der Waals surface area (Å²) in [5.74, 6) is 3.09. The second kappa shape index (κ2) is 5.69. The van der Waals surface area contributed by atoms with Crippen molar-refractivity contribution >= 4 is 16.9 Å². The molecule has 0 radical (unpaired) electrons. The van der Waals surface area contributed by atoms with Crippen molar-refractivity contribution < 1.29 is 0 Å². The normalized spacial score (nSPS) is 11.6. The molecule has 0 spiro atoms. The molecular formula is C16H19N9. The summed E-state index contributed by atoms with van der Waals surface area (Å²) in [6.07, 6.45) is 9.15. The molecule has 0 aliphatic rings. The Labute approximate surface area is 144 Å². The van der Waals surface area contributed by atoms with Gasteiger partial charge in [0.2, 0.25) is 0 Å². The molecule has 0 saturated carbocycles. The molecule has 1 N–H and O–H groups in total. The van der Waals surface area contributed by atoms with Crippen LogP contribution in [0.5, 0.6) is 0 Å². The van der Waals surface area contributed by atoms with Gasteiger partial charge in [-0.1, -0.05) is 0 Å². The zero-order chi connectivity index (χ0) is 17.6. The molecule has 4 rings (SSSR count). The summed E-state index contributed by atoms with van der Waals surface area (Å²) in [5, 5.41) is 8.65. The number of rotatable bonds is 4. The lowest BCUT2D eigenvalue weighted by molar-refractivity contribution is 0.676. The van der Waals surface area contributed by atoms with E-state index in [1.165, 1.54) is 0 Å². The van der Waals surface area contributed by atoms with Crippen LogP contribution in [-0.4, -0.2) is 38.9 Å². The van der Waals surface area contributed by atoms with Crippen molar-refractivity contribution in [1.82, 2.24) is 38.9 Å². The van der Waals surface area contributed by atoms with E-state index in [1.54, 1.807) is 23.3 Å². The Morgan fingerprint density at radius 1 is 0.960 bits per heavy atom. The summed E-state index contributed by atoms with van der Waals surface area (Å²) in [6, 6.07) is -0.252. The number of fused-ring (bicyclic) bond motifs is 1. The van der Waals surface area contributed by atoms with Crippen molar-refractivity contribution in [3.8, 4) is 0 Å². The summed E-state index contributed by atoms with van der Waals surface area (Å²) < 4.78 is 5.69. The van der Waals surface area contributed by atoms with E-state index < -0.39 is 0 Å². The second-order valence-electron chi connectivity index (χ2n) is 5.99. The molecule has 4 aromatic heterocycles. The average molecular weight is 337 g/mol. The molecular weight excluding hydrogens is 318 g/mol. The standard InChI is InChI=1S/C16H19N9/c1-10-20-13(11-9-19-25(4)14(11)21-10)22-12(15-17-5-7-23(15)2)16-18-6-8-24(16)3/h5-9,12H,1-4H3,(H,20,21,22). The van der Waals surface area contributed by atoms with Gasteiger partial charge in [-0.2, -0.15) is 5.10 Å². The molecule has 0 aliphatic heterocycles. The van der Waals surface area contributed by atoms with Crippen molar-refractivity contribution in [3.05, 3.63) is 48.5 Å². The molecule has 9 nitrogen and oxygen atoms in total. The number of nitrogens with zero attached hydrogens (tertiary/aromatic N) is 8. The Hall–Kier alpha value is -3.23. The monoisotopic (exact) mass is 337 g/mol. The lowest BCUT2D eigenvalue weighted by Crippen LogP contribution is -2.21. The summed E-state index contributed by atoms with van der Waals surface area (Å²) in [6.45, 7) is 1.87. The molecule has 0 unspecified atom stereocenters. The third-order valence-corrected chi connectivity index (χ3v) is 4.22. The van der Waals surface area contributed by atoms with Crippen LogP contribution in [0.3, 0.4) is 0 Å². The van der Waals surface area contributed by atoms with Crippen molar-refractivity contribution in [2.24, 2.45) is 21.1 Å². The highest BCUT2D eigenvalue weighted by atomic mass is 15.3. The minimum atomic E-state index is -0.252. The molecule has 0 amide bonds. The van der Waals surface area contributed by atoms with Crippen molar-refractivity contribution in [3.63, 3.8) is 0 Å². The van der Waals surface area contributed by atoms with Crippen LogP contribution in [-0.2, 0) is 21.1 Å². The number of hydrogen-bond donors (Lipinski definition) is 1. The number of anilines is 1. The van der Waals surface area contributed by atoms with E-state index in [2.05, 4.69) is 30.4 Å². The summed E-state index contributed by atoms with van der Waals surface area (Å²) in [4.78, 5) is 18.1. The Balaban J connectivity index is 1.85. The Morgan fingerprint density at radius 2 is 1.60 bits per heavy atom. The zero-order valence-electron chi connectivity index (χ0n) is 14.5. The predicted molar refractivity (Wildman–Crippen MR) is 92.9 cm³/mol. The molecule has 0 aliphatic carbocycles. The minimum Gasteiger partial charge on any atom is -0.353 e. The van der Waals surface area contributed by atoms with Crippen molar-refractivity contribution in [1.29, 1.82) is 0 Å². The van der Waals surface area contributed by atoms with E-state index in [-0.39, 0.29) is 6.04 Å². The molecule has 0 bridgehead atoms. The van der Waals surface area contributed by atoms with Gasteiger partial charge in [-0.3, -0.25) is 4.68 Å². The van der Waals surface area contributed by atoms with Crippen LogP contribution in [0.2, 0.25) is 0 Å². The molecule has 0 aromatic carbocycles. The molecule has 25 heavy (non-hydrogen) atoms. The largest absolute Gasteiger partial charge is 0.353 e. The van der Waals surface area contributed by atoms with E-state index in [0.717, 1.165) is 22.7 Å². The van der Waals surface area contributed by atoms with E-state index in [9.17, 15) is 0 Å². The van der Waals surface area contributed by atoms with Crippen LogP contribution in [0.1, 0.15) is 23.5 Å². The van der Waals surface area contributed by atoms with Gasteiger partial charge in [0.25, 0.3) is 0 Å². The van der Waals surface area contributed by atoms with E-state index in [0.29, 0.717) is 11.6 Å².